The highest BCUT2D eigenvalue weighted by molar-refractivity contribution is 7.85. The molecule has 0 unspecified atom stereocenters. The summed E-state index contributed by atoms with van der Waals surface area (Å²) >= 11 is 0. The van der Waals surface area contributed by atoms with Gasteiger partial charge in [0, 0.05) is 35.4 Å². The molecule has 0 radical (unpaired) electrons. The van der Waals surface area contributed by atoms with Gasteiger partial charge in [-0.25, -0.2) is 0 Å². The zero-order valence-electron chi connectivity index (χ0n) is 10.9. The van der Waals surface area contributed by atoms with Gasteiger partial charge in [-0.2, -0.15) is 13.2 Å². The quantitative estimate of drug-likeness (QED) is 0.634. The van der Waals surface area contributed by atoms with Crippen LogP contribution in [0.1, 0.15) is 15.9 Å². The second kappa shape index (κ2) is 6.02. The average molecular weight is 321 g/mol. The van der Waals surface area contributed by atoms with E-state index in [4.69, 9.17) is 5.84 Å². The number of nitrogens with zero attached hydrogens (tertiary/aromatic N) is 1. The Kier molecular flexibility index (Phi) is 4.52. The zero-order valence-corrected chi connectivity index (χ0v) is 11.8. The smallest absolute Gasteiger partial charge is 0.337 e. The molecule has 9 heteroatoms. The highest BCUT2D eigenvalue weighted by Gasteiger charge is 2.32. The lowest BCUT2D eigenvalue weighted by atomic mass is 10.1. The van der Waals surface area contributed by atoms with Crippen molar-refractivity contribution in [1.29, 1.82) is 0 Å². The number of anilines is 1. The van der Waals surface area contributed by atoms with E-state index in [1.165, 1.54) is 4.90 Å². The van der Waals surface area contributed by atoms with Crippen LogP contribution in [0, 0.1) is 0 Å². The molecule has 0 bridgehead atoms. The third-order valence-corrected chi connectivity index (χ3v) is 4.47. The molecule has 0 spiro atoms. The summed E-state index contributed by atoms with van der Waals surface area (Å²) < 4.78 is 49.5. The summed E-state index contributed by atoms with van der Waals surface area (Å²) in [6, 6.07) is 2.76. The number of hydrazine groups is 1. The topological polar surface area (TPSA) is 75.4 Å². The molecule has 1 fully saturated rings. The SMILES string of the molecule is NNc1ccc(C(F)(F)F)cc1C(=O)N1CCS(=O)CC1. The Bertz CT molecular complexity index is 567. The second-order valence-electron chi connectivity index (χ2n) is 4.54. The molecule has 1 aromatic rings. The van der Waals surface area contributed by atoms with Crippen LogP contribution < -0.4 is 11.3 Å². The molecule has 3 N–H and O–H groups in total. The monoisotopic (exact) mass is 321 g/mol. The lowest BCUT2D eigenvalue weighted by Crippen LogP contribution is -2.42. The molecule has 1 aliphatic rings. The molecule has 21 heavy (non-hydrogen) atoms. The molecule has 0 saturated carbocycles. The number of nitrogens with two attached hydrogens (primary N) is 1. The number of carbonyl (C=O) groups is 1. The van der Waals surface area contributed by atoms with Gasteiger partial charge in [-0.15, -0.1) is 0 Å². The minimum absolute atomic E-state index is 0.125. The van der Waals surface area contributed by atoms with Crippen molar-refractivity contribution in [2.24, 2.45) is 5.84 Å². The van der Waals surface area contributed by atoms with Crippen LogP contribution in [0.3, 0.4) is 0 Å². The van der Waals surface area contributed by atoms with Gasteiger partial charge in [0.1, 0.15) is 0 Å². The van der Waals surface area contributed by atoms with E-state index in [-0.39, 0.29) is 24.3 Å². The van der Waals surface area contributed by atoms with Crippen LogP contribution in [0.2, 0.25) is 0 Å². The van der Waals surface area contributed by atoms with E-state index in [1.807, 2.05) is 0 Å². The number of carbonyl (C=O) groups excluding carboxylic acids is 1. The van der Waals surface area contributed by atoms with Crippen molar-refractivity contribution in [3.8, 4) is 0 Å². The van der Waals surface area contributed by atoms with E-state index in [1.54, 1.807) is 0 Å². The van der Waals surface area contributed by atoms with Gasteiger partial charge in [0.25, 0.3) is 5.91 Å². The molecule has 0 aromatic heterocycles. The van der Waals surface area contributed by atoms with E-state index < -0.39 is 28.4 Å². The number of nitrogen functional groups attached to an aromatic ring is 1. The molecule has 0 atom stereocenters. The standard InChI is InChI=1S/C12H14F3N3O2S/c13-12(14,15)8-1-2-10(17-16)9(7-8)11(19)18-3-5-21(20)6-4-18/h1-2,7,17H,3-6,16H2. The summed E-state index contributed by atoms with van der Waals surface area (Å²) in [7, 11) is -0.974. The first kappa shape index (κ1) is 15.8. The van der Waals surface area contributed by atoms with Gasteiger partial charge < -0.3 is 10.3 Å². The van der Waals surface area contributed by atoms with Crippen molar-refractivity contribution in [3.63, 3.8) is 0 Å². The van der Waals surface area contributed by atoms with Crippen LogP contribution >= 0.6 is 0 Å². The summed E-state index contributed by atoms with van der Waals surface area (Å²) in [5, 5.41) is 0. The largest absolute Gasteiger partial charge is 0.416 e. The molecule has 2 rings (SSSR count). The molecule has 5 nitrogen and oxygen atoms in total. The summed E-state index contributed by atoms with van der Waals surface area (Å²) in [5.41, 5.74) is 1.30. The fraction of sp³-hybridized carbons (Fsp3) is 0.417. The van der Waals surface area contributed by atoms with Gasteiger partial charge in [-0.3, -0.25) is 14.8 Å². The second-order valence-corrected chi connectivity index (χ2v) is 6.24. The predicted octanol–water partition coefficient (Wildman–Crippen LogP) is 1.20. The van der Waals surface area contributed by atoms with Crippen molar-refractivity contribution < 1.29 is 22.2 Å². The van der Waals surface area contributed by atoms with Crippen molar-refractivity contribution >= 4 is 22.4 Å². The van der Waals surface area contributed by atoms with E-state index >= 15 is 0 Å². The molecule has 1 heterocycles. The normalized spacial score (nSPS) is 16.9. The van der Waals surface area contributed by atoms with Crippen LogP contribution in [0.4, 0.5) is 18.9 Å². The molecule has 1 aliphatic heterocycles. The van der Waals surface area contributed by atoms with Gasteiger partial charge in [-0.1, -0.05) is 0 Å². The fourth-order valence-electron chi connectivity index (χ4n) is 2.03. The zero-order chi connectivity index (χ0) is 15.6. The van der Waals surface area contributed by atoms with E-state index in [9.17, 15) is 22.2 Å². The number of benzene rings is 1. The molecule has 1 saturated heterocycles. The Balaban J connectivity index is 2.32. The summed E-state index contributed by atoms with van der Waals surface area (Å²) in [5.74, 6) is 5.36. The number of amides is 1. The highest BCUT2D eigenvalue weighted by Crippen LogP contribution is 2.32. The van der Waals surface area contributed by atoms with Gasteiger partial charge in [0.05, 0.1) is 16.8 Å². The van der Waals surface area contributed by atoms with Crippen molar-refractivity contribution in [2.75, 3.05) is 30.0 Å². The van der Waals surface area contributed by atoms with Crippen LogP contribution in [0.15, 0.2) is 18.2 Å². The summed E-state index contributed by atoms with van der Waals surface area (Å²) in [4.78, 5) is 13.7. The summed E-state index contributed by atoms with van der Waals surface area (Å²) in [6.07, 6.45) is -4.54. The highest BCUT2D eigenvalue weighted by atomic mass is 32.2. The number of rotatable bonds is 2. The Morgan fingerprint density at radius 1 is 1.29 bits per heavy atom. The number of hydrogen-bond acceptors (Lipinski definition) is 4. The lowest BCUT2D eigenvalue weighted by molar-refractivity contribution is -0.137. The molecule has 0 aliphatic carbocycles. The van der Waals surface area contributed by atoms with Gasteiger partial charge in [-0.05, 0) is 18.2 Å². The van der Waals surface area contributed by atoms with E-state index in [0.29, 0.717) is 11.5 Å². The number of halogens is 3. The van der Waals surface area contributed by atoms with Crippen LogP contribution in [-0.2, 0) is 17.0 Å². The Morgan fingerprint density at radius 2 is 1.90 bits per heavy atom. The van der Waals surface area contributed by atoms with Gasteiger partial charge >= 0.3 is 6.18 Å². The first-order valence-electron chi connectivity index (χ1n) is 6.15. The van der Waals surface area contributed by atoms with Crippen LogP contribution in [0.25, 0.3) is 0 Å². The molecule has 1 amide bonds. The lowest BCUT2D eigenvalue weighted by Gasteiger charge is -2.27. The first-order valence-corrected chi connectivity index (χ1v) is 7.64. The van der Waals surface area contributed by atoms with Gasteiger partial charge in [0.2, 0.25) is 0 Å². The summed E-state index contributed by atoms with van der Waals surface area (Å²) in [6.45, 7) is 0.511. The Labute approximate surface area is 121 Å². The van der Waals surface area contributed by atoms with Crippen molar-refractivity contribution in [2.45, 2.75) is 6.18 Å². The molecular formula is C12H14F3N3O2S. The maximum atomic E-state index is 12.7. The van der Waals surface area contributed by atoms with Crippen LogP contribution in [-0.4, -0.2) is 39.6 Å². The third kappa shape index (κ3) is 3.53. The maximum absolute atomic E-state index is 12.7. The van der Waals surface area contributed by atoms with E-state index in [0.717, 1.165) is 18.2 Å². The minimum Gasteiger partial charge on any atom is -0.337 e. The number of alkyl halides is 3. The fourth-order valence-corrected chi connectivity index (χ4v) is 3.09. The predicted molar refractivity (Wildman–Crippen MR) is 73.0 cm³/mol. The minimum atomic E-state index is -4.54. The molecule has 1 aromatic carbocycles. The maximum Gasteiger partial charge on any atom is 0.416 e. The average Bonchev–Trinajstić information content (AvgIpc) is 2.45. The first-order chi connectivity index (χ1) is 9.82. The third-order valence-electron chi connectivity index (χ3n) is 3.20. The Hall–Kier alpha value is -1.61. The molecular weight excluding hydrogens is 307 g/mol. The van der Waals surface area contributed by atoms with Crippen molar-refractivity contribution in [3.05, 3.63) is 29.3 Å². The Morgan fingerprint density at radius 3 is 2.43 bits per heavy atom. The van der Waals surface area contributed by atoms with Gasteiger partial charge in [0.15, 0.2) is 0 Å². The molecule has 116 valence electrons. The van der Waals surface area contributed by atoms with Crippen LogP contribution in [0.5, 0.6) is 0 Å². The van der Waals surface area contributed by atoms with E-state index in [2.05, 4.69) is 5.43 Å². The van der Waals surface area contributed by atoms with Crippen molar-refractivity contribution in [1.82, 2.24) is 4.90 Å². The number of hydrogen-bond donors (Lipinski definition) is 2. The number of nitrogens with one attached hydrogen (secondary N) is 1.